The van der Waals surface area contributed by atoms with E-state index in [1.807, 2.05) is 0 Å². The Morgan fingerprint density at radius 1 is 1.26 bits per heavy atom. The number of hydrogen-bond acceptors (Lipinski definition) is 5. The van der Waals surface area contributed by atoms with Gasteiger partial charge in [0.2, 0.25) is 0 Å². The maximum absolute atomic E-state index is 12.9. The molecule has 0 heterocycles. The summed E-state index contributed by atoms with van der Waals surface area (Å²) in [7, 11) is -6.50. The quantitative estimate of drug-likeness (QED) is 0.388. The smallest absolute Gasteiger partial charge is 0.396 e. The predicted octanol–water partition coefficient (Wildman–Crippen LogP) is 1.88. The molecule has 0 atom stereocenters. The second-order valence-electron chi connectivity index (χ2n) is 3.75. The molecule has 0 N–H and O–H groups in total. The summed E-state index contributed by atoms with van der Waals surface area (Å²) in [6.07, 6.45) is -0.713. The lowest BCUT2D eigenvalue weighted by Crippen LogP contribution is -2.47. The molecule has 0 aliphatic carbocycles. The molecule has 19 heavy (non-hydrogen) atoms. The number of alkyl halides is 4. The molecule has 0 unspecified atom stereocenters. The highest BCUT2D eigenvalue weighted by atomic mass is 32.2. The van der Waals surface area contributed by atoms with Crippen LogP contribution in [0.2, 0.25) is 0 Å². The zero-order chi connectivity index (χ0) is 15.3. The van der Waals surface area contributed by atoms with E-state index in [1.165, 1.54) is 0 Å². The maximum Gasteiger partial charge on any atom is 0.396 e. The van der Waals surface area contributed by atoms with E-state index in [2.05, 4.69) is 4.74 Å². The lowest BCUT2D eigenvalue weighted by Gasteiger charge is -2.28. The van der Waals surface area contributed by atoms with Crippen LogP contribution >= 0.6 is 0 Å². The number of carbonyl (C=O) groups excluding carboxylic acids is 1. The first kappa shape index (κ1) is 18.1. The number of hydrogen-bond donors (Lipinski definition) is 0. The van der Waals surface area contributed by atoms with Crippen molar-refractivity contribution in [3.63, 3.8) is 0 Å². The summed E-state index contributed by atoms with van der Waals surface area (Å²) in [6.45, 7) is 0.668. The summed E-state index contributed by atoms with van der Waals surface area (Å²) in [4.78, 5) is 10.9. The van der Waals surface area contributed by atoms with Crippen molar-refractivity contribution in [3.8, 4) is 0 Å². The number of esters is 1. The van der Waals surface area contributed by atoms with E-state index in [1.54, 1.807) is 6.92 Å². The fourth-order valence-electron chi connectivity index (χ4n) is 1.01. The summed E-state index contributed by atoms with van der Waals surface area (Å²) < 4.78 is 85.4. The SMILES string of the molecule is CCCCC(=O)OCCC(F)(F)C(F)(F)S(=O)(=O)[O-]. The van der Waals surface area contributed by atoms with E-state index in [4.69, 9.17) is 0 Å². The van der Waals surface area contributed by atoms with Crippen LogP contribution in [0.5, 0.6) is 0 Å². The molecule has 0 aromatic heterocycles. The molecule has 0 spiro atoms. The normalized spacial score (nSPS) is 13.4. The van der Waals surface area contributed by atoms with E-state index in [0.29, 0.717) is 12.8 Å². The molecule has 0 radical (unpaired) electrons. The van der Waals surface area contributed by atoms with Crippen LogP contribution in [0.3, 0.4) is 0 Å². The Morgan fingerprint density at radius 2 is 1.79 bits per heavy atom. The van der Waals surface area contributed by atoms with Crippen molar-refractivity contribution in [1.29, 1.82) is 0 Å². The van der Waals surface area contributed by atoms with E-state index in [-0.39, 0.29) is 6.42 Å². The monoisotopic (exact) mass is 309 g/mol. The van der Waals surface area contributed by atoms with Crippen LogP contribution in [0, 0.1) is 0 Å². The number of ether oxygens (including phenoxy) is 1. The van der Waals surface area contributed by atoms with Gasteiger partial charge in [0.25, 0.3) is 0 Å². The van der Waals surface area contributed by atoms with E-state index < -0.39 is 40.3 Å². The topological polar surface area (TPSA) is 83.5 Å². The average molecular weight is 309 g/mol. The Kier molecular flexibility index (Phi) is 6.20. The summed E-state index contributed by atoms with van der Waals surface area (Å²) in [6, 6.07) is 0. The molecule has 0 aromatic rings. The molecule has 0 rings (SSSR count). The van der Waals surface area contributed by atoms with Crippen LogP contribution in [-0.2, 0) is 19.6 Å². The molecule has 0 amide bonds. The van der Waals surface area contributed by atoms with Crippen LogP contribution in [0.1, 0.15) is 32.6 Å². The van der Waals surface area contributed by atoms with Gasteiger partial charge in [0, 0.05) is 6.42 Å². The summed E-state index contributed by atoms with van der Waals surface area (Å²) in [5.41, 5.74) is 0. The number of carbonyl (C=O) groups is 1. The van der Waals surface area contributed by atoms with Crippen molar-refractivity contribution in [2.24, 2.45) is 0 Å². The van der Waals surface area contributed by atoms with Gasteiger partial charge in [-0.2, -0.15) is 17.6 Å². The largest absolute Gasteiger partial charge is 0.743 e. The highest BCUT2D eigenvalue weighted by Gasteiger charge is 2.61. The molecule has 0 aliphatic heterocycles. The van der Waals surface area contributed by atoms with Crippen molar-refractivity contribution in [1.82, 2.24) is 0 Å². The molecule has 0 saturated heterocycles. The van der Waals surface area contributed by atoms with Gasteiger partial charge in [-0.3, -0.25) is 4.79 Å². The van der Waals surface area contributed by atoms with Gasteiger partial charge in [0.1, 0.15) is 0 Å². The molecule has 5 nitrogen and oxygen atoms in total. The van der Waals surface area contributed by atoms with Gasteiger partial charge in [-0.05, 0) is 6.42 Å². The van der Waals surface area contributed by atoms with Crippen molar-refractivity contribution in [2.75, 3.05) is 6.61 Å². The molecule has 114 valence electrons. The molecular weight excluding hydrogens is 296 g/mol. The highest BCUT2D eigenvalue weighted by molar-refractivity contribution is 7.86. The molecule has 0 bridgehead atoms. The first-order valence-corrected chi connectivity index (χ1v) is 6.73. The third kappa shape index (κ3) is 4.94. The fourth-order valence-corrected chi connectivity index (χ4v) is 1.48. The van der Waals surface area contributed by atoms with Gasteiger partial charge >= 0.3 is 17.1 Å². The first-order valence-electron chi connectivity index (χ1n) is 5.32. The lowest BCUT2D eigenvalue weighted by molar-refractivity contribution is -0.174. The Labute approximate surface area is 107 Å². The molecule has 0 saturated carbocycles. The van der Waals surface area contributed by atoms with Crippen LogP contribution < -0.4 is 0 Å². The van der Waals surface area contributed by atoms with Crippen LogP contribution in [0.25, 0.3) is 0 Å². The van der Waals surface area contributed by atoms with Crippen LogP contribution in [-0.4, -0.2) is 36.7 Å². The molecule has 10 heteroatoms. The standard InChI is InChI=1S/C9H14F4O5S/c1-2-3-4-7(14)18-6-5-8(10,11)9(12,13)19(15,16)17/h2-6H2,1H3,(H,15,16,17)/p-1. The molecule has 0 fully saturated rings. The first-order chi connectivity index (χ1) is 8.45. The molecular formula is C9H13F4O5S-. The minimum atomic E-state index is -6.50. The number of halogens is 4. The zero-order valence-electron chi connectivity index (χ0n) is 10.00. The minimum Gasteiger partial charge on any atom is -0.743 e. The fraction of sp³-hybridized carbons (Fsp3) is 0.889. The third-order valence-corrected chi connectivity index (χ3v) is 3.08. The maximum atomic E-state index is 12.9. The molecule has 0 aromatic carbocycles. The van der Waals surface area contributed by atoms with Crippen LogP contribution in [0.15, 0.2) is 0 Å². The number of rotatable bonds is 8. The van der Waals surface area contributed by atoms with Gasteiger partial charge in [0.15, 0.2) is 10.1 Å². The van der Waals surface area contributed by atoms with Gasteiger partial charge in [-0.15, -0.1) is 0 Å². The predicted molar refractivity (Wildman–Crippen MR) is 54.7 cm³/mol. The van der Waals surface area contributed by atoms with Gasteiger partial charge in [-0.1, -0.05) is 13.3 Å². The summed E-state index contributed by atoms with van der Waals surface area (Å²) in [5, 5.41) is -5.74. The van der Waals surface area contributed by atoms with Gasteiger partial charge < -0.3 is 9.29 Å². The second-order valence-corrected chi connectivity index (χ2v) is 5.17. The lowest BCUT2D eigenvalue weighted by atomic mass is 10.2. The third-order valence-electron chi connectivity index (χ3n) is 2.15. The zero-order valence-corrected chi connectivity index (χ0v) is 10.8. The molecule has 0 aliphatic rings. The van der Waals surface area contributed by atoms with E-state index in [9.17, 15) is 35.3 Å². The van der Waals surface area contributed by atoms with E-state index in [0.717, 1.165) is 0 Å². The highest BCUT2D eigenvalue weighted by Crippen LogP contribution is 2.40. The summed E-state index contributed by atoms with van der Waals surface area (Å²) >= 11 is 0. The Bertz CT molecular complexity index is 407. The van der Waals surface area contributed by atoms with E-state index >= 15 is 0 Å². The van der Waals surface area contributed by atoms with Crippen molar-refractivity contribution in [2.45, 2.75) is 43.8 Å². The van der Waals surface area contributed by atoms with Gasteiger partial charge in [-0.25, -0.2) is 8.42 Å². The minimum absolute atomic E-state index is 0.0572. The van der Waals surface area contributed by atoms with Crippen molar-refractivity contribution >= 4 is 16.1 Å². The Balaban J connectivity index is 4.44. The second kappa shape index (κ2) is 6.51. The summed E-state index contributed by atoms with van der Waals surface area (Å²) in [5.74, 6) is -5.95. The number of unbranched alkanes of at least 4 members (excludes halogenated alkanes) is 1. The van der Waals surface area contributed by atoms with Crippen molar-refractivity contribution in [3.05, 3.63) is 0 Å². The van der Waals surface area contributed by atoms with Crippen molar-refractivity contribution < 1.29 is 40.1 Å². The van der Waals surface area contributed by atoms with Crippen LogP contribution in [0.4, 0.5) is 17.6 Å². The van der Waals surface area contributed by atoms with Gasteiger partial charge in [0.05, 0.1) is 13.0 Å². The average Bonchev–Trinajstić information content (AvgIpc) is 2.24. The Morgan fingerprint density at radius 3 is 2.21 bits per heavy atom. The Hall–Kier alpha value is -0.900.